The van der Waals surface area contributed by atoms with E-state index in [1.54, 1.807) is 0 Å². The van der Waals surface area contributed by atoms with Crippen LogP contribution in [-0.4, -0.2) is 13.5 Å². The molecule has 0 unspecified atom stereocenters. The van der Waals surface area contributed by atoms with Crippen LogP contribution in [0.1, 0.15) is 10.4 Å². The molecule has 1 aromatic carbocycles. The third-order valence-electron chi connectivity index (χ3n) is 2.62. The summed E-state index contributed by atoms with van der Waals surface area (Å²) in [6.45, 7) is 1.11. The van der Waals surface area contributed by atoms with Gasteiger partial charge in [-0.05, 0) is 24.6 Å². The zero-order chi connectivity index (χ0) is 14.9. The van der Waals surface area contributed by atoms with E-state index in [1.807, 2.05) is 4.72 Å². The SMILES string of the molecule is Cc1ccc(F)c(NS(=O)(=O)c2csc(CO)c2)c1F. The Morgan fingerprint density at radius 3 is 2.65 bits per heavy atom. The molecule has 0 aliphatic carbocycles. The van der Waals surface area contributed by atoms with Gasteiger partial charge in [-0.15, -0.1) is 11.3 Å². The van der Waals surface area contributed by atoms with Gasteiger partial charge in [-0.25, -0.2) is 17.2 Å². The summed E-state index contributed by atoms with van der Waals surface area (Å²) in [4.78, 5) is 0.294. The number of anilines is 1. The maximum absolute atomic E-state index is 13.8. The van der Waals surface area contributed by atoms with Crippen molar-refractivity contribution in [3.63, 3.8) is 0 Å². The lowest BCUT2D eigenvalue weighted by Crippen LogP contribution is -2.15. The Bertz CT molecular complexity index is 741. The van der Waals surface area contributed by atoms with Crippen LogP contribution in [0.2, 0.25) is 0 Å². The molecule has 0 saturated heterocycles. The summed E-state index contributed by atoms with van der Waals surface area (Å²) in [5, 5.41) is 10.2. The summed E-state index contributed by atoms with van der Waals surface area (Å²) in [5.41, 5.74) is -0.577. The van der Waals surface area contributed by atoms with Crippen LogP contribution in [0.4, 0.5) is 14.5 Å². The zero-order valence-corrected chi connectivity index (χ0v) is 12.0. The van der Waals surface area contributed by atoms with Gasteiger partial charge >= 0.3 is 0 Å². The molecule has 0 spiro atoms. The Labute approximate surface area is 118 Å². The van der Waals surface area contributed by atoms with Crippen LogP contribution in [-0.2, 0) is 16.6 Å². The molecule has 2 aromatic rings. The van der Waals surface area contributed by atoms with Crippen molar-refractivity contribution in [3.8, 4) is 0 Å². The first-order valence-electron chi connectivity index (χ1n) is 5.51. The highest BCUT2D eigenvalue weighted by Crippen LogP contribution is 2.26. The molecule has 2 rings (SSSR count). The molecule has 4 nitrogen and oxygen atoms in total. The lowest BCUT2D eigenvalue weighted by atomic mass is 10.2. The molecule has 0 radical (unpaired) electrons. The number of aliphatic hydroxyl groups excluding tert-OH is 1. The first kappa shape index (κ1) is 14.9. The summed E-state index contributed by atoms with van der Waals surface area (Å²) in [6, 6.07) is 3.46. The Morgan fingerprint density at radius 1 is 1.35 bits per heavy atom. The van der Waals surface area contributed by atoms with Crippen LogP contribution in [0.15, 0.2) is 28.5 Å². The van der Waals surface area contributed by atoms with Crippen LogP contribution < -0.4 is 4.72 Å². The molecule has 0 aliphatic heterocycles. The Kier molecular flexibility index (Phi) is 4.07. The van der Waals surface area contributed by atoms with Gasteiger partial charge in [-0.2, -0.15) is 0 Å². The third-order valence-corrected chi connectivity index (χ3v) is 5.02. The molecule has 0 amide bonds. The van der Waals surface area contributed by atoms with Gasteiger partial charge in [0, 0.05) is 10.3 Å². The highest BCUT2D eigenvalue weighted by molar-refractivity contribution is 7.92. The van der Waals surface area contributed by atoms with Crippen molar-refractivity contribution in [2.75, 3.05) is 4.72 Å². The molecule has 0 atom stereocenters. The number of hydrogen-bond donors (Lipinski definition) is 2. The summed E-state index contributed by atoms with van der Waals surface area (Å²) in [7, 11) is -4.10. The van der Waals surface area contributed by atoms with E-state index in [1.165, 1.54) is 24.4 Å². The van der Waals surface area contributed by atoms with E-state index < -0.39 is 27.3 Å². The molecule has 8 heteroatoms. The van der Waals surface area contributed by atoms with Crippen molar-refractivity contribution < 1.29 is 22.3 Å². The predicted octanol–water partition coefficient (Wildman–Crippen LogP) is 2.63. The van der Waals surface area contributed by atoms with Gasteiger partial charge in [0.2, 0.25) is 0 Å². The molecule has 0 aliphatic rings. The lowest BCUT2D eigenvalue weighted by molar-refractivity contribution is 0.285. The Balaban J connectivity index is 2.41. The van der Waals surface area contributed by atoms with Gasteiger partial charge in [0.1, 0.15) is 11.5 Å². The summed E-state index contributed by atoms with van der Waals surface area (Å²) in [6.07, 6.45) is 0. The van der Waals surface area contributed by atoms with Gasteiger partial charge in [0.25, 0.3) is 10.0 Å². The molecule has 1 aromatic heterocycles. The Morgan fingerprint density at radius 2 is 2.05 bits per heavy atom. The largest absolute Gasteiger partial charge is 0.391 e. The van der Waals surface area contributed by atoms with Gasteiger partial charge in [0.05, 0.1) is 11.5 Å². The first-order chi connectivity index (χ1) is 9.35. The van der Waals surface area contributed by atoms with Crippen molar-refractivity contribution in [1.82, 2.24) is 0 Å². The summed E-state index contributed by atoms with van der Waals surface area (Å²) >= 11 is 1.04. The second kappa shape index (κ2) is 5.47. The highest BCUT2D eigenvalue weighted by atomic mass is 32.2. The van der Waals surface area contributed by atoms with E-state index in [0.29, 0.717) is 4.88 Å². The van der Waals surface area contributed by atoms with Crippen LogP contribution in [0.3, 0.4) is 0 Å². The van der Waals surface area contributed by atoms with Crippen molar-refractivity contribution in [2.45, 2.75) is 18.4 Å². The number of sulfonamides is 1. The molecule has 2 N–H and O–H groups in total. The van der Waals surface area contributed by atoms with Crippen LogP contribution in [0.5, 0.6) is 0 Å². The summed E-state index contributed by atoms with van der Waals surface area (Å²) in [5.74, 6) is -1.94. The van der Waals surface area contributed by atoms with Crippen LogP contribution in [0, 0.1) is 18.6 Å². The molecule has 0 bridgehead atoms. The van der Waals surface area contributed by atoms with Crippen molar-refractivity contribution >= 4 is 27.0 Å². The van der Waals surface area contributed by atoms with Gasteiger partial charge in [-0.1, -0.05) is 6.07 Å². The van der Waals surface area contributed by atoms with Crippen LogP contribution >= 0.6 is 11.3 Å². The van der Waals surface area contributed by atoms with E-state index >= 15 is 0 Å². The van der Waals surface area contributed by atoms with Gasteiger partial charge in [-0.3, -0.25) is 4.72 Å². The van der Waals surface area contributed by atoms with Crippen molar-refractivity contribution in [1.29, 1.82) is 0 Å². The van der Waals surface area contributed by atoms with Crippen LogP contribution in [0.25, 0.3) is 0 Å². The second-order valence-corrected chi connectivity index (χ2v) is 6.74. The second-order valence-electron chi connectivity index (χ2n) is 4.07. The van der Waals surface area contributed by atoms with E-state index in [2.05, 4.69) is 0 Å². The van der Waals surface area contributed by atoms with Gasteiger partial charge in [0.15, 0.2) is 5.82 Å². The fourth-order valence-electron chi connectivity index (χ4n) is 1.53. The van der Waals surface area contributed by atoms with E-state index in [-0.39, 0.29) is 17.1 Å². The number of rotatable bonds is 4. The highest BCUT2D eigenvalue weighted by Gasteiger charge is 2.21. The first-order valence-corrected chi connectivity index (χ1v) is 7.87. The fourth-order valence-corrected chi connectivity index (χ4v) is 3.73. The maximum atomic E-state index is 13.8. The quantitative estimate of drug-likeness (QED) is 0.910. The third kappa shape index (κ3) is 2.82. The average molecular weight is 319 g/mol. The van der Waals surface area contributed by atoms with Gasteiger partial charge < -0.3 is 5.11 Å². The minimum absolute atomic E-state index is 0.130. The molecule has 0 saturated carbocycles. The number of hydrogen-bond acceptors (Lipinski definition) is 4. The number of benzene rings is 1. The van der Waals surface area contributed by atoms with E-state index in [0.717, 1.165) is 17.4 Å². The standard InChI is InChI=1S/C12H11F2NO3S2/c1-7-2-3-10(13)12(11(7)14)15-20(17,18)9-4-8(5-16)19-6-9/h2-4,6,15-16H,5H2,1H3. The Hall–Kier alpha value is -1.51. The lowest BCUT2D eigenvalue weighted by Gasteiger charge is -2.10. The monoisotopic (exact) mass is 319 g/mol. The number of halogens is 2. The molecular weight excluding hydrogens is 308 g/mol. The normalized spacial score (nSPS) is 11.6. The number of thiophene rings is 1. The topological polar surface area (TPSA) is 66.4 Å². The molecule has 20 heavy (non-hydrogen) atoms. The molecule has 1 heterocycles. The minimum Gasteiger partial charge on any atom is -0.391 e. The van der Waals surface area contributed by atoms with E-state index in [4.69, 9.17) is 5.11 Å². The predicted molar refractivity (Wildman–Crippen MR) is 72.1 cm³/mol. The number of aliphatic hydroxyl groups is 1. The smallest absolute Gasteiger partial charge is 0.262 e. The van der Waals surface area contributed by atoms with Crippen molar-refractivity contribution in [3.05, 3.63) is 45.7 Å². The number of aryl methyl sites for hydroxylation is 1. The van der Waals surface area contributed by atoms with E-state index in [9.17, 15) is 17.2 Å². The molecule has 0 fully saturated rings. The summed E-state index contributed by atoms with van der Waals surface area (Å²) < 4.78 is 53.3. The number of nitrogens with one attached hydrogen (secondary N) is 1. The molecule has 108 valence electrons. The molecular formula is C12H11F2NO3S2. The average Bonchev–Trinajstić information content (AvgIpc) is 2.89. The minimum atomic E-state index is -4.10. The van der Waals surface area contributed by atoms with Crippen molar-refractivity contribution in [2.24, 2.45) is 0 Å². The fraction of sp³-hybridized carbons (Fsp3) is 0.167. The maximum Gasteiger partial charge on any atom is 0.262 e. The zero-order valence-electron chi connectivity index (χ0n) is 10.4.